The predicted molar refractivity (Wildman–Crippen MR) is 72.3 cm³/mol. The van der Waals surface area contributed by atoms with Crippen LogP contribution >= 0.6 is 0 Å². The molecule has 0 aliphatic rings. The van der Waals surface area contributed by atoms with Gasteiger partial charge in [0, 0.05) is 18.3 Å². The maximum Gasteiger partial charge on any atom is 0.240 e. The van der Waals surface area contributed by atoms with E-state index >= 15 is 0 Å². The summed E-state index contributed by atoms with van der Waals surface area (Å²) in [4.78, 5) is -0.0796. The monoisotopic (exact) mass is 314 g/mol. The Morgan fingerprint density at radius 1 is 1.43 bits per heavy atom. The van der Waals surface area contributed by atoms with Crippen LogP contribution in [0, 0.1) is 12.7 Å². The Morgan fingerprint density at radius 2 is 2.19 bits per heavy atom. The molecule has 114 valence electrons. The standard InChI is InChI=1S/C12H15FN4O3S/c1-9-6-11(7-10(8-18)12(9)13)21(19,20)15-3-5-17-4-2-14-16-17/h2,4,6-7,15,18H,3,5,8H2,1H3. The summed E-state index contributed by atoms with van der Waals surface area (Å²) in [6, 6.07) is 2.35. The van der Waals surface area contributed by atoms with Gasteiger partial charge in [-0.2, -0.15) is 0 Å². The normalized spacial score (nSPS) is 11.8. The summed E-state index contributed by atoms with van der Waals surface area (Å²) in [6.07, 6.45) is 3.10. The van der Waals surface area contributed by atoms with Gasteiger partial charge in [0.15, 0.2) is 0 Å². The summed E-state index contributed by atoms with van der Waals surface area (Å²) in [5, 5.41) is 16.4. The average Bonchev–Trinajstić information content (AvgIpc) is 2.94. The zero-order valence-electron chi connectivity index (χ0n) is 11.3. The van der Waals surface area contributed by atoms with Crippen molar-refractivity contribution in [3.8, 4) is 0 Å². The van der Waals surface area contributed by atoms with Gasteiger partial charge in [0.1, 0.15) is 5.82 Å². The Balaban J connectivity index is 2.13. The minimum atomic E-state index is -3.77. The Hall–Kier alpha value is -1.84. The fourth-order valence-electron chi connectivity index (χ4n) is 1.81. The van der Waals surface area contributed by atoms with Gasteiger partial charge in [0.2, 0.25) is 10.0 Å². The van der Waals surface area contributed by atoms with E-state index in [4.69, 9.17) is 5.11 Å². The van der Waals surface area contributed by atoms with Crippen molar-refractivity contribution >= 4 is 10.0 Å². The summed E-state index contributed by atoms with van der Waals surface area (Å²) in [5.41, 5.74) is 0.116. The third-order valence-corrected chi connectivity index (χ3v) is 4.33. The third kappa shape index (κ3) is 3.63. The van der Waals surface area contributed by atoms with Crippen molar-refractivity contribution in [1.29, 1.82) is 0 Å². The van der Waals surface area contributed by atoms with E-state index in [2.05, 4.69) is 15.0 Å². The van der Waals surface area contributed by atoms with E-state index in [-0.39, 0.29) is 22.6 Å². The topological polar surface area (TPSA) is 97.1 Å². The molecule has 1 aromatic carbocycles. The molecule has 0 fully saturated rings. The number of hydrogen-bond donors (Lipinski definition) is 2. The van der Waals surface area contributed by atoms with Gasteiger partial charge in [-0.1, -0.05) is 5.21 Å². The first-order valence-corrected chi connectivity index (χ1v) is 7.66. The highest BCUT2D eigenvalue weighted by Gasteiger charge is 2.17. The summed E-state index contributed by atoms with van der Waals surface area (Å²) in [5.74, 6) is -0.598. The number of aliphatic hydroxyl groups excluding tert-OH is 1. The van der Waals surface area contributed by atoms with E-state index in [9.17, 15) is 12.8 Å². The maximum atomic E-state index is 13.6. The van der Waals surface area contributed by atoms with Gasteiger partial charge in [0.05, 0.1) is 24.2 Å². The highest BCUT2D eigenvalue weighted by molar-refractivity contribution is 7.89. The molecule has 0 aliphatic carbocycles. The van der Waals surface area contributed by atoms with Crippen LogP contribution in [0.25, 0.3) is 0 Å². The first-order chi connectivity index (χ1) is 9.94. The molecule has 7 nitrogen and oxygen atoms in total. The quantitative estimate of drug-likeness (QED) is 0.794. The molecule has 0 spiro atoms. The molecule has 0 saturated carbocycles. The highest BCUT2D eigenvalue weighted by atomic mass is 32.2. The van der Waals surface area contributed by atoms with Crippen molar-refractivity contribution in [2.75, 3.05) is 6.54 Å². The molecule has 0 bridgehead atoms. The molecule has 0 saturated heterocycles. The number of benzene rings is 1. The molecule has 0 amide bonds. The summed E-state index contributed by atoms with van der Waals surface area (Å²) in [6.45, 7) is 1.33. The second-order valence-corrected chi connectivity index (χ2v) is 6.20. The van der Waals surface area contributed by atoms with Crippen LogP contribution in [-0.4, -0.2) is 35.1 Å². The molecule has 2 rings (SSSR count). The zero-order chi connectivity index (χ0) is 15.5. The lowest BCUT2D eigenvalue weighted by Crippen LogP contribution is -2.28. The van der Waals surface area contributed by atoms with Crippen LogP contribution in [0.4, 0.5) is 4.39 Å². The lowest BCUT2D eigenvalue weighted by atomic mass is 10.1. The second kappa shape index (κ2) is 6.29. The minimum absolute atomic E-state index is 0.0494. The van der Waals surface area contributed by atoms with Crippen LogP contribution in [0.2, 0.25) is 0 Å². The summed E-state index contributed by atoms with van der Waals surface area (Å²) in [7, 11) is -3.77. The third-order valence-electron chi connectivity index (χ3n) is 2.89. The number of aliphatic hydroxyl groups is 1. The first-order valence-electron chi connectivity index (χ1n) is 6.17. The molecule has 0 aliphatic heterocycles. The van der Waals surface area contributed by atoms with Gasteiger partial charge in [0.25, 0.3) is 0 Å². The molecule has 2 aromatic rings. The summed E-state index contributed by atoms with van der Waals surface area (Å²) < 4.78 is 41.8. The number of halogens is 1. The number of aromatic nitrogens is 3. The molecular formula is C12H15FN4O3S. The van der Waals surface area contributed by atoms with Crippen LogP contribution in [0.3, 0.4) is 0 Å². The van der Waals surface area contributed by atoms with Gasteiger partial charge in [-0.25, -0.2) is 17.5 Å². The molecule has 1 aromatic heterocycles. The number of rotatable bonds is 6. The molecule has 0 atom stereocenters. The fourth-order valence-corrected chi connectivity index (χ4v) is 2.96. The van der Waals surface area contributed by atoms with Crippen molar-refractivity contribution in [3.05, 3.63) is 41.5 Å². The van der Waals surface area contributed by atoms with Crippen molar-refractivity contribution < 1.29 is 17.9 Å². The SMILES string of the molecule is Cc1cc(S(=O)(=O)NCCn2ccnn2)cc(CO)c1F. The zero-order valence-corrected chi connectivity index (χ0v) is 12.1. The Bertz CT molecular complexity index is 716. The van der Waals surface area contributed by atoms with Crippen LogP contribution in [-0.2, 0) is 23.2 Å². The van der Waals surface area contributed by atoms with Crippen LogP contribution in [0.5, 0.6) is 0 Å². The Labute approximate surface area is 121 Å². The lowest BCUT2D eigenvalue weighted by Gasteiger charge is -2.10. The van der Waals surface area contributed by atoms with Gasteiger partial charge in [-0.15, -0.1) is 5.10 Å². The average molecular weight is 314 g/mol. The maximum absolute atomic E-state index is 13.6. The van der Waals surface area contributed by atoms with E-state index in [0.717, 1.165) is 6.07 Å². The van der Waals surface area contributed by atoms with E-state index in [1.807, 2.05) is 0 Å². The van der Waals surface area contributed by atoms with Crippen LogP contribution in [0.1, 0.15) is 11.1 Å². The van der Waals surface area contributed by atoms with Crippen molar-refractivity contribution in [2.45, 2.75) is 25.0 Å². The van der Waals surface area contributed by atoms with Gasteiger partial charge in [-0.3, -0.25) is 4.68 Å². The number of hydrogen-bond acceptors (Lipinski definition) is 5. The molecule has 21 heavy (non-hydrogen) atoms. The second-order valence-electron chi connectivity index (χ2n) is 4.44. The number of sulfonamides is 1. The van der Waals surface area contributed by atoms with E-state index in [1.165, 1.54) is 23.9 Å². The molecule has 0 unspecified atom stereocenters. The van der Waals surface area contributed by atoms with E-state index in [0.29, 0.717) is 6.54 Å². The number of nitrogens with one attached hydrogen (secondary N) is 1. The van der Waals surface area contributed by atoms with E-state index < -0.39 is 22.4 Å². The lowest BCUT2D eigenvalue weighted by molar-refractivity contribution is 0.275. The molecule has 1 heterocycles. The number of nitrogens with zero attached hydrogens (tertiary/aromatic N) is 3. The van der Waals surface area contributed by atoms with Crippen molar-refractivity contribution in [1.82, 2.24) is 19.7 Å². The van der Waals surface area contributed by atoms with Crippen LogP contribution in [0.15, 0.2) is 29.4 Å². The van der Waals surface area contributed by atoms with E-state index in [1.54, 1.807) is 6.20 Å². The summed E-state index contributed by atoms with van der Waals surface area (Å²) >= 11 is 0. The van der Waals surface area contributed by atoms with Crippen molar-refractivity contribution in [3.63, 3.8) is 0 Å². The van der Waals surface area contributed by atoms with Gasteiger partial charge >= 0.3 is 0 Å². The first kappa shape index (κ1) is 15.5. The minimum Gasteiger partial charge on any atom is -0.392 e. The van der Waals surface area contributed by atoms with Gasteiger partial charge < -0.3 is 5.11 Å². The number of aryl methyl sites for hydroxylation is 1. The fraction of sp³-hybridized carbons (Fsp3) is 0.333. The predicted octanol–water partition coefficient (Wildman–Crippen LogP) is 0.196. The molecule has 2 N–H and O–H groups in total. The molecule has 0 radical (unpaired) electrons. The molecular weight excluding hydrogens is 299 g/mol. The van der Waals surface area contributed by atoms with Crippen molar-refractivity contribution in [2.24, 2.45) is 0 Å². The highest BCUT2D eigenvalue weighted by Crippen LogP contribution is 2.19. The Kier molecular flexibility index (Phi) is 4.66. The Morgan fingerprint density at radius 3 is 2.81 bits per heavy atom. The van der Waals surface area contributed by atoms with Gasteiger partial charge in [-0.05, 0) is 24.6 Å². The molecule has 9 heteroatoms. The largest absolute Gasteiger partial charge is 0.392 e. The smallest absolute Gasteiger partial charge is 0.240 e. The van der Waals surface area contributed by atoms with Crippen LogP contribution < -0.4 is 4.72 Å².